The number of nitrogens with zero attached hydrogens (tertiary/aromatic N) is 6. The Morgan fingerprint density at radius 3 is 2.84 bits per heavy atom. The van der Waals surface area contributed by atoms with Crippen LogP contribution in [0.2, 0.25) is 5.15 Å². The third-order valence-electron chi connectivity index (χ3n) is 2.66. The number of anilines is 1. The third-order valence-corrected chi connectivity index (χ3v) is 2.86. The zero-order valence-corrected chi connectivity index (χ0v) is 11.2. The first-order valence-corrected chi connectivity index (χ1v) is 6.04. The number of halogens is 1. The molecule has 0 aliphatic carbocycles. The maximum absolute atomic E-state index is 6.04. The van der Waals surface area contributed by atoms with Crippen molar-refractivity contribution in [2.75, 3.05) is 19.0 Å². The van der Waals surface area contributed by atoms with Gasteiger partial charge in [0.25, 0.3) is 0 Å². The van der Waals surface area contributed by atoms with Crippen molar-refractivity contribution in [1.82, 2.24) is 24.8 Å². The van der Waals surface area contributed by atoms with Crippen molar-refractivity contribution in [3.63, 3.8) is 0 Å². The molecule has 96 valence electrons. The molecule has 3 aromatic heterocycles. The molecule has 0 fully saturated rings. The lowest BCUT2D eigenvalue weighted by Gasteiger charge is -2.11. The van der Waals surface area contributed by atoms with Crippen LogP contribution in [0.1, 0.15) is 0 Å². The van der Waals surface area contributed by atoms with Gasteiger partial charge in [-0.05, 0) is 12.1 Å². The standard InChI is InChI=1S/C12H11ClN6/c1-18(2)12-16-9(6-11(13)17-12)8-7-15-19-10(8)4-3-5-14-19/h3-7H,1-2H3. The van der Waals surface area contributed by atoms with E-state index < -0.39 is 0 Å². The van der Waals surface area contributed by atoms with Gasteiger partial charge in [0.05, 0.1) is 17.4 Å². The first kappa shape index (κ1) is 11.9. The molecule has 0 atom stereocenters. The smallest absolute Gasteiger partial charge is 0.226 e. The average molecular weight is 275 g/mol. The van der Waals surface area contributed by atoms with Gasteiger partial charge >= 0.3 is 0 Å². The van der Waals surface area contributed by atoms with Crippen molar-refractivity contribution >= 4 is 23.1 Å². The summed E-state index contributed by atoms with van der Waals surface area (Å²) in [7, 11) is 3.74. The number of rotatable bonds is 2. The lowest BCUT2D eigenvalue weighted by Crippen LogP contribution is -2.13. The van der Waals surface area contributed by atoms with E-state index >= 15 is 0 Å². The van der Waals surface area contributed by atoms with Gasteiger partial charge in [0.1, 0.15) is 5.15 Å². The van der Waals surface area contributed by atoms with Crippen molar-refractivity contribution in [1.29, 1.82) is 0 Å². The summed E-state index contributed by atoms with van der Waals surface area (Å²) in [6.45, 7) is 0. The molecule has 0 aliphatic rings. The summed E-state index contributed by atoms with van der Waals surface area (Å²) in [4.78, 5) is 10.4. The molecule has 0 saturated heterocycles. The summed E-state index contributed by atoms with van der Waals surface area (Å²) in [5.74, 6) is 0.561. The van der Waals surface area contributed by atoms with Gasteiger partial charge in [0.2, 0.25) is 5.95 Å². The Kier molecular flexibility index (Phi) is 2.79. The van der Waals surface area contributed by atoms with Crippen LogP contribution in [0.25, 0.3) is 16.8 Å². The minimum Gasteiger partial charge on any atom is -0.347 e. The Balaban J connectivity index is 2.21. The van der Waals surface area contributed by atoms with E-state index in [9.17, 15) is 0 Å². The molecule has 0 saturated carbocycles. The van der Waals surface area contributed by atoms with Gasteiger partial charge in [-0.15, -0.1) is 0 Å². The molecule has 0 radical (unpaired) electrons. The van der Waals surface area contributed by atoms with Crippen molar-refractivity contribution in [3.05, 3.63) is 35.7 Å². The second kappa shape index (κ2) is 4.47. The Morgan fingerprint density at radius 1 is 1.21 bits per heavy atom. The normalized spacial score (nSPS) is 10.9. The molecule has 7 heteroatoms. The summed E-state index contributed by atoms with van der Waals surface area (Å²) in [6.07, 6.45) is 3.41. The molecular formula is C12H11ClN6. The molecule has 0 unspecified atom stereocenters. The van der Waals surface area contributed by atoms with Gasteiger partial charge in [0, 0.05) is 31.9 Å². The number of hydrogen-bond acceptors (Lipinski definition) is 5. The zero-order valence-electron chi connectivity index (χ0n) is 10.4. The summed E-state index contributed by atoms with van der Waals surface area (Å²) >= 11 is 6.04. The summed E-state index contributed by atoms with van der Waals surface area (Å²) in [6, 6.07) is 5.51. The van der Waals surface area contributed by atoms with E-state index in [1.165, 1.54) is 0 Å². The first-order chi connectivity index (χ1) is 9.15. The Bertz CT molecular complexity index is 736. The highest BCUT2D eigenvalue weighted by Crippen LogP contribution is 2.25. The van der Waals surface area contributed by atoms with Crippen LogP contribution >= 0.6 is 11.6 Å². The predicted molar refractivity (Wildman–Crippen MR) is 73.4 cm³/mol. The van der Waals surface area contributed by atoms with E-state index in [-0.39, 0.29) is 0 Å². The highest BCUT2D eigenvalue weighted by atomic mass is 35.5. The van der Waals surface area contributed by atoms with E-state index in [1.54, 1.807) is 28.0 Å². The SMILES string of the molecule is CN(C)c1nc(Cl)cc(-c2cnn3ncccc23)n1. The van der Waals surface area contributed by atoms with Crippen LogP contribution in [0.15, 0.2) is 30.6 Å². The molecule has 0 bridgehead atoms. The van der Waals surface area contributed by atoms with Crippen LogP contribution in [0.5, 0.6) is 0 Å². The second-order valence-corrected chi connectivity index (χ2v) is 4.61. The summed E-state index contributed by atoms with van der Waals surface area (Å²) in [5, 5.41) is 8.71. The monoisotopic (exact) mass is 274 g/mol. The number of fused-ring (bicyclic) bond motifs is 1. The van der Waals surface area contributed by atoms with Gasteiger partial charge in [-0.25, -0.2) is 9.97 Å². The fourth-order valence-electron chi connectivity index (χ4n) is 1.77. The molecule has 0 N–H and O–H groups in total. The highest BCUT2D eigenvalue weighted by molar-refractivity contribution is 6.29. The minimum atomic E-state index is 0.400. The summed E-state index contributed by atoms with van der Waals surface area (Å²) in [5.41, 5.74) is 2.48. The van der Waals surface area contributed by atoms with Crippen LogP contribution in [0.3, 0.4) is 0 Å². The van der Waals surface area contributed by atoms with Gasteiger partial charge in [-0.3, -0.25) is 0 Å². The Labute approximate surface area is 114 Å². The molecule has 3 rings (SSSR count). The molecule has 0 amide bonds. The van der Waals surface area contributed by atoms with Gasteiger partial charge in [0.15, 0.2) is 0 Å². The molecule has 6 nitrogen and oxygen atoms in total. The molecule has 0 spiro atoms. The van der Waals surface area contributed by atoms with Crippen LogP contribution in [0, 0.1) is 0 Å². The molecule has 19 heavy (non-hydrogen) atoms. The highest BCUT2D eigenvalue weighted by Gasteiger charge is 2.11. The molecule has 0 aromatic carbocycles. The van der Waals surface area contributed by atoms with Crippen LogP contribution in [-0.2, 0) is 0 Å². The molecule has 3 heterocycles. The predicted octanol–water partition coefficient (Wildman–Crippen LogP) is 1.91. The van der Waals surface area contributed by atoms with Gasteiger partial charge in [-0.2, -0.15) is 14.8 Å². The third kappa shape index (κ3) is 2.10. The lowest BCUT2D eigenvalue weighted by atomic mass is 10.2. The average Bonchev–Trinajstić information content (AvgIpc) is 2.81. The van der Waals surface area contributed by atoms with Crippen LogP contribution in [0.4, 0.5) is 5.95 Å². The fourth-order valence-corrected chi connectivity index (χ4v) is 1.95. The zero-order chi connectivity index (χ0) is 13.4. The van der Waals surface area contributed by atoms with Gasteiger partial charge < -0.3 is 4.90 Å². The number of aromatic nitrogens is 5. The van der Waals surface area contributed by atoms with Crippen molar-refractivity contribution in [2.45, 2.75) is 0 Å². The Hall–Kier alpha value is -2.21. The second-order valence-electron chi connectivity index (χ2n) is 4.23. The van der Waals surface area contributed by atoms with E-state index in [2.05, 4.69) is 20.2 Å². The summed E-state index contributed by atoms with van der Waals surface area (Å²) < 4.78 is 1.56. The van der Waals surface area contributed by atoms with Gasteiger partial charge in [-0.1, -0.05) is 11.6 Å². The Morgan fingerprint density at radius 2 is 2.05 bits per heavy atom. The lowest BCUT2D eigenvalue weighted by molar-refractivity contribution is 0.800. The van der Waals surface area contributed by atoms with E-state index in [0.717, 1.165) is 16.8 Å². The van der Waals surface area contributed by atoms with E-state index in [1.807, 2.05) is 26.2 Å². The number of hydrogen-bond donors (Lipinski definition) is 0. The van der Waals surface area contributed by atoms with Crippen molar-refractivity contribution in [2.24, 2.45) is 0 Å². The topological polar surface area (TPSA) is 59.2 Å². The fraction of sp³-hybridized carbons (Fsp3) is 0.167. The molecular weight excluding hydrogens is 264 g/mol. The maximum Gasteiger partial charge on any atom is 0.226 e. The quantitative estimate of drug-likeness (QED) is 0.668. The first-order valence-electron chi connectivity index (χ1n) is 5.66. The largest absolute Gasteiger partial charge is 0.347 e. The minimum absolute atomic E-state index is 0.400. The maximum atomic E-state index is 6.04. The molecule has 3 aromatic rings. The van der Waals surface area contributed by atoms with E-state index in [4.69, 9.17) is 11.6 Å². The van der Waals surface area contributed by atoms with Crippen molar-refractivity contribution < 1.29 is 0 Å². The van der Waals surface area contributed by atoms with Crippen LogP contribution in [-0.4, -0.2) is 38.9 Å². The van der Waals surface area contributed by atoms with Crippen molar-refractivity contribution in [3.8, 4) is 11.3 Å². The molecule has 0 aliphatic heterocycles. The van der Waals surface area contributed by atoms with E-state index in [0.29, 0.717) is 11.1 Å². The van der Waals surface area contributed by atoms with Crippen LogP contribution < -0.4 is 4.90 Å².